The van der Waals surface area contributed by atoms with Gasteiger partial charge in [0.15, 0.2) is 0 Å². The van der Waals surface area contributed by atoms with Gasteiger partial charge in [0, 0.05) is 11.8 Å². The monoisotopic (exact) mass is 337 g/mol. The Kier molecular flexibility index (Phi) is 5.11. The average Bonchev–Trinajstić information content (AvgIpc) is 3.06. The number of carbonyl (C=O) groups is 1. The minimum atomic E-state index is -5.00. The molecule has 0 unspecified atom stereocenters. The van der Waals surface area contributed by atoms with Crippen LogP contribution in [0.5, 0.6) is 0 Å². The number of alkyl halides is 3. The van der Waals surface area contributed by atoms with Crippen LogP contribution in [0.2, 0.25) is 0 Å². The maximum atomic E-state index is 13.2. The summed E-state index contributed by atoms with van der Waals surface area (Å²) in [7, 11) is 0. The lowest BCUT2D eigenvalue weighted by Gasteiger charge is -2.28. The van der Waals surface area contributed by atoms with Crippen molar-refractivity contribution in [1.82, 2.24) is 5.32 Å². The Morgan fingerprint density at radius 1 is 1.50 bits per heavy atom. The molecule has 1 aliphatic heterocycles. The SMILES string of the molecule is Cc1ccc([C@](O)(CC(=O)NC[C@H]2CCCS2)C(F)(F)F)o1. The van der Waals surface area contributed by atoms with Crippen LogP contribution >= 0.6 is 11.8 Å². The zero-order chi connectivity index (χ0) is 16.4. The van der Waals surface area contributed by atoms with Crippen LogP contribution in [-0.4, -0.2) is 34.7 Å². The van der Waals surface area contributed by atoms with Crippen LogP contribution in [0, 0.1) is 6.92 Å². The summed E-state index contributed by atoms with van der Waals surface area (Å²) in [4.78, 5) is 11.8. The zero-order valence-electron chi connectivity index (χ0n) is 12.1. The molecule has 8 heteroatoms. The number of thioether (sulfide) groups is 1. The highest BCUT2D eigenvalue weighted by atomic mass is 32.2. The molecule has 0 saturated carbocycles. The van der Waals surface area contributed by atoms with Crippen molar-refractivity contribution in [3.63, 3.8) is 0 Å². The van der Waals surface area contributed by atoms with Crippen LogP contribution in [0.15, 0.2) is 16.5 Å². The first kappa shape index (κ1) is 17.2. The summed E-state index contributed by atoms with van der Waals surface area (Å²) in [6, 6.07) is 2.36. The van der Waals surface area contributed by atoms with Gasteiger partial charge in [0.2, 0.25) is 11.5 Å². The minimum absolute atomic E-state index is 0.230. The summed E-state index contributed by atoms with van der Waals surface area (Å²) in [5.74, 6) is -0.275. The van der Waals surface area contributed by atoms with E-state index in [1.807, 2.05) is 0 Å². The predicted octanol–water partition coefficient (Wildman–Crippen LogP) is 2.74. The average molecular weight is 337 g/mol. The fourth-order valence-electron chi connectivity index (χ4n) is 2.31. The fourth-order valence-corrected chi connectivity index (χ4v) is 3.51. The Labute approximate surface area is 130 Å². The molecule has 4 nitrogen and oxygen atoms in total. The summed E-state index contributed by atoms with van der Waals surface area (Å²) in [6.45, 7) is 1.78. The maximum Gasteiger partial charge on any atom is 0.425 e. The van der Waals surface area contributed by atoms with Crippen LogP contribution in [-0.2, 0) is 10.4 Å². The molecule has 22 heavy (non-hydrogen) atoms. The largest absolute Gasteiger partial charge is 0.463 e. The molecule has 2 heterocycles. The van der Waals surface area contributed by atoms with Gasteiger partial charge in [-0.05, 0) is 37.7 Å². The van der Waals surface area contributed by atoms with Crippen molar-refractivity contribution in [1.29, 1.82) is 0 Å². The molecule has 0 aromatic carbocycles. The van der Waals surface area contributed by atoms with Crippen molar-refractivity contribution in [2.45, 2.75) is 43.2 Å². The number of aliphatic hydroxyl groups is 1. The molecule has 1 aromatic heterocycles. The Hall–Kier alpha value is -1.15. The second kappa shape index (κ2) is 6.54. The van der Waals surface area contributed by atoms with Gasteiger partial charge < -0.3 is 14.8 Å². The van der Waals surface area contributed by atoms with E-state index in [9.17, 15) is 23.1 Å². The lowest BCUT2D eigenvalue weighted by atomic mass is 9.95. The number of rotatable bonds is 5. The van der Waals surface area contributed by atoms with Crippen LogP contribution < -0.4 is 5.32 Å². The predicted molar refractivity (Wildman–Crippen MR) is 76.5 cm³/mol. The first-order valence-electron chi connectivity index (χ1n) is 6.97. The third-order valence-electron chi connectivity index (χ3n) is 3.58. The molecule has 0 aliphatic carbocycles. The molecule has 1 aliphatic rings. The van der Waals surface area contributed by atoms with Crippen LogP contribution in [0.25, 0.3) is 0 Å². The molecule has 2 N–H and O–H groups in total. The van der Waals surface area contributed by atoms with Gasteiger partial charge in [-0.15, -0.1) is 0 Å². The molecule has 1 saturated heterocycles. The number of hydrogen-bond acceptors (Lipinski definition) is 4. The summed E-state index contributed by atoms with van der Waals surface area (Å²) >= 11 is 1.69. The third-order valence-corrected chi connectivity index (χ3v) is 4.98. The zero-order valence-corrected chi connectivity index (χ0v) is 12.9. The van der Waals surface area contributed by atoms with Crippen LogP contribution in [0.4, 0.5) is 13.2 Å². The highest BCUT2D eigenvalue weighted by molar-refractivity contribution is 8.00. The van der Waals surface area contributed by atoms with Gasteiger partial charge in [0.1, 0.15) is 11.5 Å². The van der Waals surface area contributed by atoms with Gasteiger partial charge in [-0.2, -0.15) is 24.9 Å². The van der Waals surface area contributed by atoms with Crippen molar-refractivity contribution in [2.75, 3.05) is 12.3 Å². The molecule has 0 bridgehead atoms. The molecular formula is C14H18F3NO3S. The number of amides is 1. The first-order chi connectivity index (χ1) is 10.2. The van der Waals surface area contributed by atoms with E-state index >= 15 is 0 Å². The van der Waals surface area contributed by atoms with E-state index in [4.69, 9.17) is 4.42 Å². The Morgan fingerprint density at radius 3 is 2.73 bits per heavy atom. The van der Waals surface area contributed by atoms with Gasteiger partial charge in [-0.1, -0.05) is 0 Å². The van der Waals surface area contributed by atoms with Gasteiger partial charge in [-0.25, -0.2) is 0 Å². The first-order valence-corrected chi connectivity index (χ1v) is 8.01. The smallest absolute Gasteiger partial charge is 0.425 e. The molecule has 0 spiro atoms. The van der Waals surface area contributed by atoms with Gasteiger partial charge >= 0.3 is 6.18 Å². The van der Waals surface area contributed by atoms with Crippen molar-refractivity contribution in [3.05, 3.63) is 23.7 Å². The second-order valence-electron chi connectivity index (χ2n) is 5.38. The second-order valence-corrected chi connectivity index (χ2v) is 6.79. The molecule has 2 atom stereocenters. The van der Waals surface area contributed by atoms with E-state index in [0.29, 0.717) is 6.54 Å². The summed E-state index contributed by atoms with van der Waals surface area (Å²) in [5, 5.41) is 12.7. The Balaban J connectivity index is 2.05. The van der Waals surface area contributed by atoms with E-state index < -0.39 is 29.9 Å². The van der Waals surface area contributed by atoms with E-state index in [2.05, 4.69) is 5.32 Å². The number of carbonyl (C=O) groups excluding carboxylic acids is 1. The summed E-state index contributed by atoms with van der Waals surface area (Å²) in [5.41, 5.74) is -3.31. The standard InChI is InChI=1S/C14H18F3NO3S/c1-9-4-5-11(21-9)13(20,14(15,16)17)7-12(19)18-8-10-3-2-6-22-10/h4-5,10,20H,2-3,6-8H2,1H3,(H,18,19)/t10-,13-/m1/s1. The minimum Gasteiger partial charge on any atom is -0.463 e. The van der Waals surface area contributed by atoms with Crippen molar-refractivity contribution >= 4 is 17.7 Å². The van der Waals surface area contributed by atoms with Gasteiger partial charge in [0.25, 0.3) is 0 Å². The number of hydrogen-bond donors (Lipinski definition) is 2. The highest BCUT2D eigenvalue weighted by Gasteiger charge is 2.58. The topological polar surface area (TPSA) is 62.5 Å². The molecule has 124 valence electrons. The number of halogens is 3. The molecule has 0 radical (unpaired) electrons. The maximum absolute atomic E-state index is 13.2. The lowest BCUT2D eigenvalue weighted by Crippen LogP contribution is -2.46. The van der Waals surface area contributed by atoms with Crippen molar-refractivity contribution < 1.29 is 27.5 Å². The number of aryl methyl sites for hydroxylation is 1. The van der Waals surface area contributed by atoms with E-state index in [1.165, 1.54) is 13.0 Å². The van der Waals surface area contributed by atoms with E-state index in [-0.39, 0.29) is 11.0 Å². The summed E-state index contributed by atoms with van der Waals surface area (Å²) < 4.78 is 44.5. The van der Waals surface area contributed by atoms with Crippen molar-refractivity contribution in [2.24, 2.45) is 0 Å². The molecule has 1 aromatic rings. The summed E-state index contributed by atoms with van der Waals surface area (Å²) in [6.07, 6.45) is -4.13. The van der Waals surface area contributed by atoms with Gasteiger partial charge in [-0.3, -0.25) is 4.79 Å². The molecule has 1 amide bonds. The van der Waals surface area contributed by atoms with E-state index in [0.717, 1.165) is 24.7 Å². The van der Waals surface area contributed by atoms with Crippen LogP contribution in [0.3, 0.4) is 0 Å². The van der Waals surface area contributed by atoms with Crippen LogP contribution in [0.1, 0.15) is 30.8 Å². The van der Waals surface area contributed by atoms with Crippen molar-refractivity contribution in [3.8, 4) is 0 Å². The fraction of sp³-hybridized carbons (Fsp3) is 0.643. The highest BCUT2D eigenvalue weighted by Crippen LogP contribution is 2.42. The third kappa shape index (κ3) is 3.78. The van der Waals surface area contributed by atoms with Gasteiger partial charge in [0.05, 0.1) is 6.42 Å². The molecule has 2 rings (SSSR count). The number of nitrogens with one attached hydrogen (secondary N) is 1. The Bertz CT molecular complexity index is 526. The van der Waals surface area contributed by atoms with E-state index in [1.54, 1.807) is 11.8 Å². The lowest BCUT2D eigenvalue weighted by molar-refractivity contribution is -0.273. The quantitative estimate of drug-likeness (QED) is 0.867. The molecular weight excluding hydrogens is 319 g/mol. The number of furan rings is 1. The Morgan fingerprint density at radius 2 is 2.23 bits per heavy atom. The molecule has 1 fully saturated rings. The normalized spacial score (nSPS) is 21.6.